The van der Waals surface area contributed by atoms with Gasteiger partial charge in [0.2, 0.25) is 0 Å². The third-order valence-corrected chi connectivity index (χ3v) is 2.51. The highest BCUT2D eigenvalue weighted by molar-refractivity contribution is 5.05. The summed E-state index contributed by atoms with van der Waals surface area (Å²) in [7, 11) is 3.52. The van der Waals surface area contributed by atoms with E-state index in [1.807, 2.05) is 13.2 Å². The van der Waals surface area contributed by atoms with Gasteiger partial charge in [-0.25, -0.2) is 0 Å². The van der Waals surface area contributed by atoms with Crippen LogP contribution in [0.1, 0.15) is 25.3 Å². The van der Waals surface area contributed by atoms with E-state index in [0.717, 1.165) is 18.4 Å². The van der Waals surface area contributed by atoms with Gasteiger partial charge in [-0.15, -0.1) is 0 Å². The first-order valence-corrected chi connectivity index (χ1v) is 5.35. The van der Waals surface area contributed by atoms with Crippen LogP contribution in [0.2, 0.25) is 0 Å². The van der Waals surface area contributed by atoms with Crippen molar-refractivity contribution in [2.75, 3.05) is 7.11 Å². The molecule has 0 bridgehead atoms. The maximum absolute atomic E-state index is 9.94. The Labute approximate surface area is 90.9 Å². The van der Waals surface area contributed by atoms with E-state index < -0.39 is 6.10 Å². The fourth-order valence-corrected chi connectivity index (χ4v) is 1.70. The van der Waals surface area contributed by atoms with Crippen LogP contribution < -0.4 is 0 Å². The number of rotatable bonds is 6. The monoisotopic (exact) mass is 212 g/mol. The van der Waals surface area contributed by atoms with Crippen LogP contribution in [0.3, 0.4) is 0 Å². The molecular formula is C11H20N2O2. The Morgan fingerprint density at radius 3 is 2.80 bits per heavy atom. The van der Waals surface area contributed by atoms with Gasteiger partial charge in [0.25, 0.3) is 0 Å². The summed E-state index contributed by atoms with van der Waals surface area (Å²) in [5, 5.41) is 14.0. The van der Waals surface area contributed by atoms with Crippen molar-refractivity contribution in [1.29, 1.82) is 0 Å². The molecule has 1 aromatic heterocycles. The molecule has 4 nitrogen and oxygen atoms in total. The highest BCUT2D eigenvalue weighted by atomic mass is 16.5. The molecular weight excluding hydrogens is 192 g/mol. The first-order chi connectivity index (χ1) is 7.17. The number of hydrogen-bond acceptors (Lipinski definition) is 3. The molecule has 0 aliphatic carbocycles. The molecule has 4 heteroatoms. The molecule has 1 rings (SSSR count). The molecule has 0 radical (unpaired) electrons. The molecule has 0 aromatic carbocycles. The average Bonchev–Trinajstić information content (AvgIpc) is 2.60. The van der Waals surface area contributed by atoms with Crippen molar-refractivity contribution < 1.29 is 9.84 Å². The number of methoxy groups -OCH3 is 1. The molecule has 2 atom stereocenters. The quantitative estimate of drug-likeness (QED) is 0.769. The molecule has 0 amide bonds. The first-order valence-electron chi connectivity index (χ1n) is 5.35. The van der Waals surface area contributed by atoms with Crippen LogP contribution >= 0.6 is 0 Å². The van der Waals surface area contributed by atoms with E-state index in [-0.39, 0.29) is 6.10 Å². The van der Waals surface area contributed by atoms with E-state index in [4.69, 9.17) is 4.74 Å². The highest BCUT2D eigenvalue weighted by Gasteiger charge is 2.18. The summed E-state index contributed by atoms with van der Waals surface area (Å²) < 4.78 is 6.99. The van der Waals surface area contributed by atoms with Crippen molar-refractivity contribution >= 4 is 0 Å². The summed E-state index contributed by atoms with van der Waals surface area (Å²) in [6, 6.07) is 0. The van der Waals surface area contributed by atoms with Gasteiger partial charge >= 0.3 is 0 Å². The lowest BCUT2D eigenvalue weighted by atomic mass is 10.0. The topological polar surface area (TPSA) is 47.3 Å². The Morgan fingerprint density at radius 1 is 1.60 bits per heavy atom. The van der Waals surface area contributed by atoms with Crippen molar-refractivity contribution in [3.8, 4) is 0 Å². The molecule has 1 N–H and O–H groups in total. The molecule has 0 saturated heterocycles. The lowest BCUT2D eigenvalue weighted by Crippen LogP contribution is -2.29. The summed E-state index contributed by atoms with van der Waals surface area (Å²) in [4.78, 5) is 0. The van der Waals surface area contributed by atoms with E-state index in [0.29, 0.717) is 6.42 Å². The van der Waals surface area contributed by atoms with E-state index in [2.05, 4.69) is 12.0 Å². The zero-order valence-corrected chi connectivity index (χ0v) is 9.68. The second-order valence-electron chi connectivity index (χ2n) is 3.86. The first kappa shape index (κ1) is 12.2. The zero-order valence-electron chi connectivity index (χ0n) is 9.68. The second-order valence-corrected chi connectivity index (χ2v) is 3.86. The Hall–Kier alpha value is -0.870. The number of aliphatic hydroxyl groups excluding tert-OH is 1. The minimum atomic E-state index is -0.445. The molecule has 2 unspecified atom stereocenters. The number of hydrogen-bond donors (Lipinski definition) is 1. The van der Waals surface area contributed by atoms with E-state index in [9.17, 15) is 5.11 Å². The Bertz CT molecular complexity index is 286. The van der Waals surface area contributed by atoms with Crippen molar-refractivity contribution in [3.05, 3.63) is 18.0 Å². The van der Waals surface area contributed by atoms with Crippen LogP contribution in [0.15, 0.2) is 12.4 Å². The van der Waals surface area contributed by atoms with Gasteiger partial charge in [0.05, 0.1) is 18.4 Å². The van der Waals surface area contributed by atoms with Crippen molar-refractivity contribution in [2.24, 2.45) is 7.05 Å². The van der Waals surface area contributed by atoms with E-state index in [1.54, 1.807) is 18.0 Å². The van der Waals surface area contributed by atoms with Crippen molar-refractivity contribution in [3.63, 3.8) is 0 Å². The van der Waals surface area contributed by atoms with Gasteiger partial charge in [0, 0.05) is 26.8 Å². The fraction of sp³-hybridized carbons (Fsp3) is 0.727. The molecule has 0 fully saturated rings. The SMILES string of the molecule is CCCC(OC)C(O)Cc1cnn(C)c1. The summed E-state index contributed by atoms with van der Waals surface area (Å²) >= 11 is 0. The zero-order chi connectivity index (χ0) is 11.3. The Kier molecular flexibility index (Phi) is 4.78. The van der Waals surface area contributed by atoms with Gasteiger partial charge < -0.3 is 9.84 Å². The standard InChI is InChI=1S/C11H20N2O2/c1-4-5-11(15-3)10(14)6-9-7-12-13(2)8-9/h7-8,10-11,14H,4-6H2,1-3H3. The van der Waals surface area contributed by atoms with Gasteiger partial charge in [-0.1, -0.05) is 13.3 Å². The number of aliphatic hydroxyl groups is 1. The summed E-state index contributed by atoms with van der Waals surface area (Å²) in [6.45, 7) is 2.09. The molecule has 0 aliphatic heterocycles. The van der Waals surface area contributed by atoms with Crippen molar-refractivity contribution in [1.82, 2.24) is 9.78 Å². The van der Waals surface area contributed by atoms with Gasteiger partial charge in [0.15, 0.2) is 0 Å². The second kappa shape index (κ2) is 5.88. The molecule has 1 heterocycles. The van der Waals surface area contributed by atoms with Crippen LogP contribution in [0.5, 0.6) is 0 Å². The number of ether oxygens (including phenoxy) is 1. The molecule has 15 heavy (non-hydrogen) atoms. The maximum atomic E-state index is 9.94. The van der Waals surface area contributed by atoms with Crippen LogP contribution in [0.4, 0.5) is 0 Å². The lowest BCUT2D eigenvalue weighted by Gasteiger charge is -2.20. The van der Waals surface area contributed by atoms with Crippen LogP contribution in [0.25, 0.3) is 0 Å². The largest absolute Gasteiger partial charge is 0.390 e. The molecule has 1 aromatic rings. The van der Waals surface area contributed by atoms with Crippen LogP contribution in [-0.4, -0.2) is 34.2 Å². The fourth-order valence-electron chi connectivity index (χ4n) is 1.70. The molecule has 0 aliphatic rings. The third kappa shape index (κ3) is 3.64. The van der Waals surface area contributed by atoms with Crippen molar-refractivity contribution in [2.45, 2.75) is 38.4 Å². The number of nitrogens with zero attached hydrogens (tertiary/aromatic N) is 2. The van der Waals surface area contributed by atoms with Crippen LogP contribution in [-0.2, 0) is 18.2 Å². The van der Waals surface area contributed by atoms with Gasteiger partial charge in [0.1, 0.15) is 0 Å². The predicted octanol–water partition coefficient (Wildman–Crippen LogP) is 1.14. The maximum Gasteiger partial charge on any atom is 0.0843 e. The van der Waals surface area contributed by atoms with E-state index in [1.165, 1.54) is 0 Å². The third-order valence-electron chi connectivity index (χ3n) is 2.51. The molecule has 0 saturated carbocycles. The smallest absolute Gasteiger partial charge is 0.0843 e. The average molecular weight is 212 g/mol. The molecule has 86 valence electrons. The molecule has 0 spiro atoms. The van der Waals surface area contributed by atoms with Gasteiger partial charge in [-0.2, -0.15) is 5.10 Å². The van der Waals surface area contributed by atoms with Gasteiger partial charge in [-0.05, 0) is 12.0 Å². The highest BCUT2D eigenvalue weighted by Crippen LogP contribution is 2.11. The number of aryl methyl sites for hydroxylation is 1. The van der Waals surface area contributed by atoms with E-state index >= 15 is 0 Å². The minimum absolute atomic E-state index is 0.0739. The predicted molar refractivity (Wildman–Crippen MR) is 58.6 cm³/mol. The van der Waals surface area contributed by atoms with Crippen LogP contribution in [0, 0.1) is 0 Å². The summed E-state index contributed by atoms with van der Waals surface area (Å²) in [5.74, 6) is 0. The Balaban J connectivity index is 2.49. The number of aromatic nitrogens is 2. The normalized spacial score (nSPS) is 15.2. The van der Waals surface area contributed by atoms with Gasteiger partial charge in [-0.3, -0.25) is 4.68 Å². The minimum Gasteiger partial charge on any atom is -0.390 e. The summed E-state index contributed by atoms with van der Waals surface area (Å²) in [6.07, 6.45) is 5.69. The summed E-state index contributed by atoms with van der Waals surface area (Å²) in [5.41, 5.74) is 1.04. The Morgan fingerprint density at radius 2 is 2.33 bits per heavy atom. The lowest BCUT2D eigenvalue weighted by molar-refractivity contribution is -0.0159.